The van der Waals surface area contributed by atoms with E-state index in [-0.39, 0.29) is 17.9 Å². The van der Waals surface area contributed by atoms with Gasteiger partial charge >= 0.3 is 0 Å². The molecular formula is C27H33FN6O2. The predicted octanol–water partition coefficient (Wildman–Crippen LogP) is 3.53. The highest BCUT2D eigenvalue weighted by atomic mass is 19.1. The number of aromatic nitrogens is 3. The van der Waals surface area contributed by atoms with E-state index in [1.165, 1.54) is 18.9 Å². The van der Waals surface area contributed by atoms with Crippen LogP contribution in [0.1, 0.15) is 32.3 Å². The fraction of sp³-hybridized carbons (Fsp3) is 0.519. The summed E-state index contributed by atoms with van der Waals surface area (Å²) in [6.07, 6.45) is 2.34. The van der Waals surface area contributed by atoms with Crippen molar-refractivity contribution in [1.82, 2.24) is 20.3 Å². The highest BCUT2D eigenvalue weighted by molar-refractivity contribution is 5.90. The van der Waals surface area contributed by atoms with Gasteiger partial charge in [-0.2, -0.15) is 9.97 Å². The number of ether oxygens (including phenoxy) is 2. The van der Waals surface area contributed by atoms with Gasteiger partial charge in [-0.25, -0.2) is 9.37 Å². The van der Waals surface area contributed by atoms with Gasteiger partial charge in [0.1, 0.15) is 11.6 Å². The van der Waals surface area contributed by atoms with Crippen LogP contribution >= 0.6 is 0 Å². The molecule has 3 aromatic rings. The summed E-state index contributed by atoms with van der Waals surface area (Å²) in [6.45, 7) is 8.93. The molecule has 0 unspecified atom stereocenters. The summed E-state index contributed by atoms with van der Waals surface area (Å²) in [7, 11) is 0. The Hall–Kier alpha value is -2.88. The van der Waals surface area contributed by atoms with E-state index in [2.05, 4.69) is 29.0 Å². The molecule has 8 nitrogen and oxygen atoms in total. The predicted molar refractivity (Wildman–Crippen MR) is 138 cm³/mol. The molecular weight excluding hydrogens is 459 g/mol. The van der Waals surface area contributed by atoms with Crippen LogP contribution in [0, 0.1) is 5.82 Å². The first kappa shape index (κ1) is 23.5. The van der Waals surface area contributed by atoms with Gasteiger partial charge in [0.2, 0.25) is 5.95 Å². The molecule has 2 aliphatic heterocycles. The van der Waals surface area contributed by atoms with Crippen molar-refractivity contribution in [3.8, 4) is 11.3 Å². The number of halogens is 1. The number of benzene rings is 1. The lowest BCUT2D eigenvalue weighted by Gasteiger charge is -2.37. The molecule has 1 aliphatic carbocycles. The first-order valence-electron chi connectivity index (χ1n) is 13.0. The Kier molecular flexibility index (Phi) is 6.45. The summed E-state index contributed by atoms with van der Waals surface area (Å²) in [5, 5.41) is 4.32. The number of nitrogens with one attached hydrogen (secondary N) is 1. The second-order valence-electron chi connectivity index (χ2n) is 10.1. The lowest BCUT2D eigenvalue weighted by molar-refractivity contribution is 0.0973. The van der Waals surface area contributed by atoms with Gasteiger partial charge in [0.05, 0.1) is 49.6 Å². The average Bonchev–Trinajstić information content (AvgIpc) is 3.72. The SMILES string of the molecule is C[C@H]1COCCN1c1nc(N2CCOC[C@@H]2C)c2ccc(-c3ccc(F)c(CNC4CC4)c3)nc2n1. The van der Waals surface area contributed by atoms with Gasteiger partial charge in [-0.05, 0) is 57.0 Å². The largest absolute Gasteiger partial charge is 0.377 e. The minimum absolute atomic E-state index is 0.174. The van der Waals surface area contributed by atoms with Crippen molar-refractivity contribution in [2.24, 2.45) is 0 Å². The van der Waals surface area contributed by atoms with Crippen molar-refractivity contribution in [2.45, 2.75) is 51.4 Å². The summed E-state index contributed by atoms with van der Waals surface area (Å²) in [5.74, 6) is 1.37. The first-order chi connectivity index (χ1) is 17.6. The smallest absolute Gasteiger partial charge is 0.229 e. The van der Waals surface area contributed by atoms with Crippen LogP contribution in [-0.2, 0) is 16.0 Å². The second-order valence-corrected chi connectivity index (χ2v) is 10.1. The Balaban J connectivity index is 1.42. The molecule has 36 heavy (non-hydrogen) atoms. The molecule has 9 heteroatoms. The monoisotopic (exact) mass is 492 g/mol. The Labute approximate surface area is 210 Å². The number of morpholine rings is 2. The Bertz CT molecular complexity index is 1250. The van der Waals surface area contributed by atoms with Crippen LogP contribution in [0.15, 0.2) is 30.3 Å². The summed E-state index contributed by atoms with van der Waals surface area (Å²) in [6, 6.07) is 10.2. The van der Waals surface area contributed by atoms with E-state index in [1.807, 2.05) is 18.2 Å². The molecule has 1 saturated carbocycles. The molecule has 0 bridgehead atoms. The maximum atomic E-state index is 14.5. The van der Waals surface area contributed by atoms with Crippen molar-refractivity contribution in [3.05, 3.63) is 41.7 Å². The van der Waals surface area contributed by atoms with E-state index in [0.717, 1.165) is 35.6 Å². The molecule has 3 fully saturated rings. The highest BCUT2D eigenvalue weighted by Crippen LogP contribution is 2.32. The molecule has 0 amide bonds. The van der Waals surface area contributed by atoms with Gasteiger partial charge in [0, 0.05) is 36.8 Å². The van der Waals surface area contributed by atoms with Crippen molar-refractivity contribution in [3.63, 3.8) is 0 Å². The fourth-order valence-corrected chi connectivity index (χ4v) is 4.97. The zero-order chi connectivity index (χ0) is 24.6. The van der Waals surface area contributed by atoms with Crippen LogP contribution in [0.4, 0.5) is 16.2 Å². The van der Waals surface area contributed by atoms with Crippen molar-refractivity contribution >= 4 is 22.8 Å². The van der Waals surface area contributed by atoms with Gasteiger partial charge in [0.25, 0.3) is 0 Å². The molecule has 0 spiro atoms. The number of hydrogen-bond acceptors (Lipinski definition) is 8. The second kappa shape index (κ2) is 9.88. The number of pyridine rings is 1. The maximum absolute atomic E-state index is 14.5. The topological polar surface area (TPSA) is 75.6 Å². The van der Waals surface area contributed by atoms with E-state index in [0.29, 0.717) is 56.2 Å². The van der Waals surface area contributed by atoms with Crippen LogP contribution in [-0.4, -0.2) is 72.6 Å². The standard InChI is InChI=1S/C27H33FN6O2/c1-17-15-35-11-9-33(17)26-22-6-8-24(19-3-7-23(28)20(13-19)14-29-21-4-5-21)30-25(22)31-27(32-26)34-10-12-36-16-18(34)2/h3,6-8,13,17-18,21,29H,4-5,9-12,14-16H2,1-2H3/t17-,18-/m0/s1. The lowest BCUT2D eigenvalue weighted by atomic mass is 10.1. The van der Waals surface area contributed by atoms with Gasteiger partial charge in [-0.3, -0.25) is 0 Å². The fourth-order valence-electron chi connectivity index (χ4n) is 4.97. The summed E-state index contributed by atoms with van der Waals surface area (Å²) < 4.78 is 25.8. The number of hydrogen-bond donors (Lipinski definition) is 1. The molecule has 1 N–H and O–H groups in total. The Morgan fingerprint density at radius 2 is 1.69 bits per heavy atom. The number of rotatable bonds is 6. The zero-order valence-electron chi connectivity index (χ0n) is 20.9. The van der Waals surface area contributed by atoms with Crippen LogP contribution in [0.5, 0.6) is 0 Å². The number of fused-ring (bicyclic) bond motifs is 1. The van der Waals surface area contributed by atoms with E-state index >= 15 is 0 Å². The summed E-state index contributed by atoms with van der Waals surface area (Å²) >= 11 is 0. The molecule has 1 aromatic carbocycles. The molecule has 6 rings (SSSR count). The van der Waals surface area contributed by atoms with E-state index < -0.39 is 0 Å². The lowest BCUT2D eigenvalue weighted by Crippen LogP contribution is -2.46. The summed E-state index contributed by atoms with van der Waals surface area (Å²) in [4.78, 5) is 19.5. The quantitative estimate of drug-likeness (QED) is 0.560. The van der Waals surface area contributed by atoms with E-state index in [4.69, 9.17) is 24.4 Å². The molecule has 4 heterocycles. The van der Waals surface area contributed by atoms with Crippen LogP contribution in [0.2, 0.25) is 0 Å². The minimum Gasteiger partial charge on any atom is -0.377 e. The zero-order valence-corrected chi connectivity index (χ0v) is 20.9. The molecule has 0 radical (unpaired) electrons. The van der Waals surface area contributed by atoms with Gasteiger partial charge in [-0.15, -0.1) is 0 Å². The molecule has 190 valence electrons. The first-order valence-corrected chi connectivity index (χ1v) is 13.0. The third-order valence-corrected chi connectivity index (χ3v) is 7.29. The van der Waals surface area contributed by atoms with Gasteiger partial charge < -0.3 is 24.6 Å². The average molecular weight is 493 g/mol. The normalized spacial score (nSPS) is 22.9. The molecule has 2 aromatic heterocycles. The molecule has 2 atom stereocenters. The minimum atomic E-state index is -0.192. The number of nitrogens with zero attached hydrogens (tertiary/aromatic N) is 5. The number of anilines is 2. The molecule has 2 saturated heterocycles. The van der Waals surface area contributed by atoms with Crippen molar-refractivity contribution < 1.29 is 13.9 Å². The van der Waals surface area contributed by atoms with Crippen LogP contribution < -0.4 is 15.1 Å². The summed E-state index contributed by atoms with van der Waals surface area (Å²) in [5.41, 5.74) is 2.96. The molecule has 3 aliphatic rings. The van der Waals surface area contributed by atoms with Crippen LogP contribution in [0.3, 0.4) is 0 Å². The van der Waals surface area contributed by atoms with E-state index in [1.54, 1.807) is 6.07 Å². The Morgan fingerprint density at radius 3 is 2.42 bits per heavy atom. The highest BCUT2D eigenvalue weighted by Gasteiger charge is 2.27. The van der Waals surface area contributed by atoms with Gasteiger partial charge in [-0.1, -0.05) is 0 Å². The van der Waals surface area contributed by atoms with E-state index in [9.17, 15) is 4.39 Å². The Morgan fingerprint density at radius 1 is 0.944 bits per heavy atom. The third-order valence-electron chi connectivity index (χ3n) is 7.29. The van der Waals surface area contributed by atoms with Crippen molar-refractivity contribution in [1.29, 1.82) is 0 Å². The maximum Gasteiger partial charge on any atom is 0.229 e. The third kappa shape index (κ3) is 4.75. The van der Waals surface area contributed by atoms with Crippen LogP contribution in [0.25, 0.3) is 22.3 Å². The van der Waals surface area contributed by atoms with Gasteiger partial charge in [0.15, 0.2) is 5.65 Å². The van der Waals surface area contributed by atoms with Crippen molar-refractivity contribution in [2.75, 3.05) is 49.3 Å².